The number of alkyl halides is 3. The Bertz CT molecular complexity index is 917. The number of hydrogen-bond acceptors (Lipinski definition) is 3. The molecule has 3 aromatic carbocycles. The van der Waals surface area contributed by atoms with Crippen molar-refractivity contribution in [2.24, 2.45) is 5.73 Å². The van der Waals surface area contributed by atoms with Crippen LogP contribution in [0.1, 0.15) is 11.1 Å². The first-order valence-corrected chi connectivity index (χ1v) is 8.78. The SMILES string of the molecule is Cl.NCCOc1ccc(-c2cccc(OCc3ccccc3)c2)cc1C(F)(F)F. The normalized spacial score (nSPS) is 10.9. The van der Waals surface area contributed by atoms with Gasteiger partial charge in [-0.1, -0.05) is 48.5 Å². The predicted molar refractivity (Wildman–Crippen MR) is 109 cm³/mol. The maximum atomic E-state index is 13.4. The van der Waals surface area contributed by atoms with Gasteiger partial charge in [0.2, 0.25) is 0 Å². The van der Waals surface area contributed by atoms with Crippen LogP contribution in [0.3, 0.4) is 0 Å². The Balaban J connectivity index is 0.00000300. The molecule has 0 atom stereocenters. The summed E-state index contributed by atoms with van der Waals surface area (Å²) in [6.07, 6.45) is -4.53. The zero-order chi connectivity index (χ0) is 20.0. The molecule has 0 bridgehead atoms. The molecule has 0 fully saturated rings. The third-order valence-corrected chi connectivity index (χ3v) is 4.08. The lowest BCUT2D eigenvalue weighted by Gasteiger charge is -2.15. The fraction of sp³-hybridized carbons (Fsp3) is 0.182. The van der Waals surface area contributed by atoms with Crippen molar-refractivity contribution >= 4 is 12.4 Å². The third kappa shape index (κ3) is 6.14. The predicted octanol–water partition coefficient (Wildman–Crippen LogP) is 5.71. The van der Waals surface area contributed by atoms with Crippen LogP contribution in [0.15, 0.2) is 72.8 Å². The lowest BCUT2D eigenvalue weighted by atomic mass is 10.0. The molecular weight excluding hydrogens is 403 g/mol. The molecule has 0 unspecified atom stereocenters. The molecule has 2 N–H and O–H groups in total. The van der Waals surface area contributed by atoms with Gasteiger partial charge in [-0.25, -0.2) is 0 Å². The van der Waals surface area contributed by atoms with Crippen LogP contribution in [-0.2, 0) is 12.8 Å². The van der Waals surface area contributed by atoms with E-state index in [1.807, 2.05) is 30.3 Å². The molecule has 0 saturated carbocycles. The summed E-state index contributed by atoms with van der Waals surface area (Å²) in [6, 6.07) is 20.6. The van der Waals surface area contributed by atoms with Crippen LogP contribution < -0.4 is 15.2 Å². The van der Waals surface area contributed by atoms with E-state index < -0.39 is 11.7 Å². The van der Waals surface area contributed by atoms with Crippen molar-refractivity contribution in [1.29, 1.82) is 0 Å². The van der Waals surface area contributed by atoms with Crippen molar-refractivity contribution in [1.82, 2.24) is 0 Å². The summed E-state index contributed by atoms with van der Waals surface area (Å²) in [7, 11) is 0. The van der Waals surface area contributed by atoms with Crippen molar-refractivity contribution in [2.45, 2.75) is 12.8 Å². The van der Waals surface area contributed by atoms with Gasteiger partial charge in [0.05, 0.1) is 5.56 Å². The second-order valence-electron chi connectivity index (χ2n) is 6.15. The summed E-state index contributed by atoms with van der Waals surface area (Å²) in [5, 5.41) is 0. The van der Waals surface area contributed by atoms with Crippen LogP contribution in [0.5, 0.6) is 11.5 Å². The molecule has 0 aliphatic rings. The molecule has 0 spiro atoms. The van der Waals surface area contributed by atoms with E-state index in [1.165, 1.54) is 6.07 Å². The molecule has 0 aromatic heterocycles. The van der Waals surface area contributed by atoms with Gasteiger partial charge in [0.1, 0.15) is 24.7 Å². The van der Waals surface area contributed by atoms with Gasteiger partial charge in [0, 0.05) is 6.54 Å². The Labute approximate surface area is 173 Å². The quantitative estimate of drug-likeness (QED) is 0.529. The van der Waals surface area contributed by atoms with E-state index in [1.54, 1.807) is 30.3 Å². The van der Waals surface area contributed by atoms with Crippen LogP contribution in [0, 0.1) is 0 Å². The molecule has 3 nitrogen and oxygen atoms in total. The highest BCUT2D eigenvalue weighted by molar-refractivity contribution is 5.85. The van der Waals surface area contributed by atoms with Crippen molar-refractivity contribution in [3.05, 3.63) is 83.9 Å². The smallest absolute Gasteiger partial charge is 0.419 e. The number of rotatable bonds is 7. The van der Waals surface area contributed by atoms with E-state index in [0.29, 0.717) is 23.5 Å². The molecule has 0 heterocycles. The number of benzene rings is 3. The Morgan fingerprint density at radius 1 is 0.793 bits per heavy atom. The van der Waals surface area contributed by atoms with Crippen molar-refractivity contribution in [3.8, 4) is 22.6 Å². The second-order valence-corrected chi connectivity index (χ2v) is 6.15. The van der Waals surface area contributed by atoms with Gasteiger partial charge in [0.15, 0.2) is 0 Å². The lowest BCUT2D eigenvalue weighted by Crippen LogP contribution is -2.14. The number of halogens is 4. The van der Waals surface area contributed by atoms with Crippen LogP contribution >= 0.6 is 12.4 Å². The van der Waals surface area contributed by atoms with Gasteiger partial charge in [-0.2, -0.15) is 13.2 Å². The van der Waals surface area contributed by atoms with Crippen molar-refractivity contribution in [2.75, 3.05) is 13.2 Å². The largest absolute Gasteiger partial charge is 0.492 e. The summed E-state index contributed by atoms with van der Waals surface area (Å²) in [6.45, 7) is 0.537. The fourth-order valence-electron chi connectivity index (χ4n) is 2.73. The molecule has 3 rings (SSSR count). The minimum Gasteiger partial charge on any atom is -0.492 e. The number of nitrogens with two attached hydrogens (primary N) is 1. The number of hydrogen-bond donors (Lipinski definition) is 1. The average molecular weight is 424 g/mol. The van der Waals surface area contributed by atoms with Crippen LogP contribution in [-0.4, -0.2) is 13.2 Å². The monoisotopic (exact) mass is 423 g/mol. The molecule has 0 radical (unpaired) electrons. The highest BCUT2D eigenvalue weighted by Gasteiger charge is 2.34. The topological polar surface area (TPSA) is 44.5 Å². The van der Waals surface area contributed by atoms with Gasteiger partial charge in [-0.05, 0) is 41.0 Å². The second kappa shape index (κ2) is 10.2. The molecule has 0 aliphatic carbocycles. The highest BCUT2D eigenvalue weighted by atomic mass is 35.5. The van der Waals surface area contributed by atoms with Crippen LogP contribution in [0.4, 0.5) is 13.2 Å². The summed E-state index contributed by atoms with van der Waals surface area (Å²) in [5.41, 5.74) is 6.56. The Morgan fingerprint density at radius 2 is 1.52 bits per heavy atom. The first-order valence-electron chi connectivity index (χ1n) is 8.78. The first-order chi connectivity index (χ1) is 13.5. The Morgan fingerprint density at radius 3 is 2.21 bits per heavy atom. The molecule has 3 aromatic rings. The maximum absolute atomic E-state index is 13.4. The Hall–Kier alpha value is -2.70. The molecule has 29 heavy (non-hydrogen) atoms. The van der Waals surface area contributed by atoms with Gasteiger partial charge in [-0.15, -0.1) is 12.4 Å². The molecule has 7 heteroatoms. The van der Waals surface area contributed by atoms with E-state index >= 15 is 0 Å². The minimum atomic E-state index is -4.53. The van der Waals surface area contributed by atoms with Crippen LogP contribution in [0.25, 0.3) is 11.1 Å². The Kier molecular flexibility index (Phi) is 7.93. The van der Waals surface area contributed by atoms with Crippen molar-refractivity contribution < 1.29 is 22.6 Å². The van der Waals surface area contributed by atoms with Gasteiger partial charge < -0.3 is 15.2 Å². The van der Waals surface area contributed by atoms with E-state index in [-0.39, 0.29) is 31.3 Å². The lowest BCUT2D eigenvalue weighted by molar-refractivity contribution is -0.138. The molecule has 0 amide bonds. The molecule has 154 valence electrons. The maximum Gasteiger partial charge on any atom is 0.419 e. The summed E-state index contributed by atoms with van der Waals surface area (Å²) < 4.78 is 51.2. The van der Waals surface area contributed by atoms with Gasteiger partial charge >= 0.3 is 6.18 Å². The fourth-order valence-corrected chi connectivity index (χ4v) is 2.73. The van der Waals surface area contributed by atoms with E-state index in [4.69, 9.17) is 15.2 Å². The zero-order valence-corrected chi connectivity index (χ0v) is 16.3. The van der Waals surface area contributed by atoms with Gasteiger partial charge in [0.25, 0.3) is 0 Å². The number of ether oxygens (including phenoxy) is 2. The van der Waals surface area contributed by atoms with E-state index in [2.05, 4.69) is 0 Å². The zero-order valence-electron chi connectivity index (χ0n) is 15.5. The third-order valence-electron chi connectivity index (χ3n) is 4.08. The summed E-state index contributed by atoms with van der Waals surface area (Å²) in [4.78, 5) is 0. The van der Waals surface area contributed by atoms with E-state index in [9.17, 15) is 13.2 Å². The van der Waals surface area contributed by atoms with E-state index in [0.717, 1.165) is 11.6 Å². The van der Waals surface area contributed by atoms with Crippen molar-refractivity contribution in [3.63, 3.8) is 0 Å². The molecule has 0 aliphatic heterocycles. The summed E-state index contributed by atoms with van der Waals surface area (Å²) >= 11 is 0. The van der Waals surface area contributed by atoms with Crippen LogP contribution in [0.2, 0.25) is 0 Å². The summed E-state index contributed by atoms with van der Waals surface area (Å²) in [5.74, 6) is 0.358. The standard InChI is InChI=1S/C22H20F3NO2.ClH/c23-22(24,25)20-14-18(9-10-21(20)27-12-11-26)17-7-4-8-19(13-17)28-15-16-5-2-1-3-6-16;/h1-10,13-14H,11-12,15,26H2;1H. The minimum absolute atomic E-state index is 0. The average Bonchev–Trinajstić information content (AvgIpc) is 2.71. The van der Waals surface area contributed by atoms with Gasteiger partial charge in [-0.3, -0.25) is 0 Å². The molecule has 0 saturated heterocycles. The molecular formula is C22H21ClF3NO2. The first kappa shape index (κ1) is 22.6. The highest BCUT2D eigenvalue weighted by Crippen LogP contribution is 2.39.